The second kappa shape index (κ2) is 7.70. The van der Waals surface area contributed by atoms with Gasteiger partial charge >= 0.3 is 0 Å². The summed E-state index contributed by atoms with van der Waals surface area (Å²) in [4.78, 5) is 14.4. The normalized spacial score (nSPS) is 16.1. The molecule has 132 valence electrons. The molecule has 0 saturated heterocycles. The molecule has 0 saturated carbocycles. The maximum absolute atomic E-state index is 11.5. The van der Waals surface area contributed by atoms with Gasteiger partial charge in [-0.15, -0.1) is 11.8 Å². The van der Waals surface area contributed by atoms with Gasteiger partial charge in [-0.25, -0.2) is 0 Å². The van der Waals surface area contributed by atoms with E-state index in [9.17, 15) is 4.79 Å². The monoisotopic (exact) mass is 359 g/mol. The summed E-state index contributed by atoms with van der Waals surface area (Å²) in [6.07, 6.45) is 1.69. The smallest absolute Gasteiger partial charge is 0.214 e. The van der Waals surface area contributed by atoms with Crippen LogP contribution in [0.5, 0.6) is 17.2 Å². The quantitative estimate of drug-likeness (QED) is 0.732. The minimum Gasteiger partial charge on any atom is -0.493 e. The number of rotatable bonds is 6. The van der Waals surface area contributed by atoms with Crippen LogP contribution in [0.15, 0.2) is 41.3 Å². The first-order chi connectivity index (χ1) is 12.2. The first-order valence-electron chi connectivity index (χ1n) is 8.00. The summed E-state index contributed by atoms with van der Waals surface area (Å²) in [5, 5.41) is 0.156. The zero-order valence-corrected chi connectivity index (χ0v) is 15.3. The Morgan fingerprint density at radius 2 is 1.80 bits per heavy atom. The Balaban J connectivity index is 2.14. The third kappa shape index (κ3) is 3.26. The Kier molecular flexibility index (Phi) is 5.38. The van der Waals surface area contributed by atoms with E-state index in [1.165, 1.54) is 4.90 Å². The summed E-state index contributed by atoms with van der Waals surface area (Å²) in [6.45, 7) is 0.652. The number of hydrogen-bond donors (Lipinski definition) is 0. The maximum Gasteiger partial charge on any atom is 0.214 e. The van der Waals surface area contributed by atoms with Crippen molar-refractivity contribution in [3.8, 4) is 17.2 Å². The molecule has 0 bridgehead atoms. The molecule has 0 aliphatic carbocycles. The molecule has 1 aliphatic heterocycles. The van der Waals surface area contributed by atoms with Crippen molar-refractivity contribution in [3.63, 3.8) is 0 Å². The van der Waals surface area contributed by atoms with Crippen molar-refractivity contribution in [1.82, 2.24) is 0 Å². The van der Waals surface area contributed by atoms with Crippen LogP contribution in [0, 0.1) is 0 Å². The van der Waals surface area contributed by atoms with Crippen LogP contribution in [0.1, 0.15) is 17.2 Å². The lowest BCUT2D eigenvalue weighted by Gasteiger charge is -2.34. The van der Waals surface area contributed by atoms with E-state index in [4.69, 9.17) is 14.2 Å². The molecule has 1 unspecified atom stereocenters. The van der Waals surface area contributed by atoms with Crippen molar-refractivity contribution >= 4 is 23.9 Å². The third-order valence-corrected chi connectivity index (χ3v) is 5.56. The summed E-state index contributed by atoms with van der Waals surface area (Å²) in [6, 6.07) is 12.1. The van der Waals surface area contributed by atoms with E-state index in [1.54, 1.807) is 38.0 Å². The molecule has 0 N–H and O–H groups in total. The van der Waals surface area contributed by atoms with Crippen molar-refractivity contribution in [2.45, 2.75) is 16.6 Å². The van der Waals surface area contributed by atoms with Crippen LogP contribution >= 0.6 is 11.8 Å². The fourth-order valence-electron chi connectivity index (χ4n) is 3.13. The maximum atomic E-state index is 11.5. The molecule has 6 heteroatoms. The Labute approximate surface area is 151 Å². The van der Waals surface area contributed by atoms with E-state index in [1.807, 2.05) is 24.3 Å². The molecule has 2 aromatic carbocycles. The van der Waals surface area contributed by atoms with Gasteiger partial charge in [0, 0.05) is 28.3 Å². The van der Waals surface area contributed by atoms with Gasteiger partial charge in [0.2, 0.25) is 12.2 Å². The molecule has 5 nitrogen and oxygen atoms in total. The van der Waals surface area contributed by atoms with E-state index in [-0.39, 0.29) is 5.25 Å². The lowest BCUT2D eigenvalue weighted by molar-refractivity contribution is -0.107. The molecule has 25 heavy (non-hydrogen) atoms. The zero-order chi connectivity index (χ0) is 17.8. The third-order valence-electron chi connectivity index (χ3n) is 4.26. The van der Waals surface area contributed by atoms with Gasteiger partial charge in [-0.05, 0) is 18.6 Å². The Hall–Kier alpha value is -2.34. The SMILES string of the molecule is COc1cc2c(c(OC)c1OC)C(Sc1ccccc1)CCN2C=O. The number of fused-ring (bicyclic) bond motifs is 1. The lowest BCUT2D eigenvalue weighted by atomic mass is 9.99. The van der Waals surface area contributed by atoms with Crippen LogP contribution in [0.4, 0.5) is 5.69 Å². The van der Waals surface area contributed by atoms with Gasteiger partial charge in [0.05, 0.1) is 27.0 Å². The highest BCUT2D eigenvalue weighted by Crippen LogP contribution is 2.54. The van der Waals surface area contributed by atoms with E-state index in [0.29, 0.717) is 23.8 Å². The van der Waals surface area contributed by atoms with Crippen molar-refractivity contribution < 1.29 is 19.0 Å². The topological polar surface area (TPSA) is 48.0 Å². The number of anilines is 1. The first-order valence-corrected chi connectivity index (χ1v) is 8.88. The minimum absolute atomic E-state index is 0.156. The second-order valence-corrected chi connectivity index (χ2v) is 6.86. The van der Waals surface area contributed by atoms with Crippen LogP contribution in [0.25, 0.3) is 0 Å². The number of amides is 1. The number of ether oxygens (including phenoxy) is 3. The molecule has 0 spiro atoms. The van der Waals surface area contributed by atoms with Crippen molar-refractivity contribution in [1.29, 1.82) is 0 Å². The number of hydrogen-bond acceptors (Lipinski definition) is 5. The number of nitrogens with zero attached hydrogens (tertiary/aromatic N) is 1. The average Bonchev–Trinajstić information content (AvgIpc) is 2.67. The Bertz CT molecular complexity index is 751. The van der Waals surface area contributed by atoms with Crippen molar-refractivity contribution in [2.24, 2.45) is 0 Å². The van der Waals surface area contributed by atoms with Gasteiger partial charge in [-0.2, -0.15) is 0 Å². The van der Waals surface area contributed by atoms with Crippen LogP contribution in [0.2, 0.25) is 0 Å². The number of carbonyl (C=O) groups excluding carboxylic acids is 1. The highest BCUT2D eigenvalue weighted by molar-refractivity contribution is 7.99. The van der Waals surface area contributed by atoms with Gasteiger partial charge in [0.15, 0.2) is 11.5 Å². The van der Waals surface area contributed by atoms with E-state index >= 15 is 0 Å². The number of carbonyl (C=O) groups is 1. The highest BCUT2D eigenvalue weighted by atomic mass is 32.2. The second-order valence-electron chi connectivity index (χ2n) is 5.59. The van der Waals surface area contributed by atoms with Crippen LogP contribution < -0.4 is 19.1 Å². The molecule has 3 rings (SSSR count). The van der Waals surface area contributed by atoms with Crippen molar-refractivity contribution in [2.75, 3.05) is 32.8 Å². The molecule has 0 fully saturated rings. The fraction of sp³-hybridized carbons (Fsp3) is 0.316. The van der Waals surface area contributed by atoms with Gasteiger partial charge in [0.25, 0.3) is 0 Å². The van der Waals surface area contributed by atoms with Gasteiger partial charge in [-0.1, -0.05) is 18.2 Å². The predicted molar refractivity (Wildman–Crippen MR) is 99.2 cm³/mol. The van der Waals surface area contributed by atoms with Crippen LogP contribution in [0.3, 0.4) is 0 Å². The van der Waals surface area contributed by atoms with E-state index in [2.05, 4.69) is 12.1 Å². The average molecular weight is 359 g/mol. The van der Waals surface area contributed by atoms with Gasteiger partial charge < -0.3 is 19.1 Å². The minimum atomic E-state index is 0.156. The van der Waals surface area contributed by atoms with E-state index in [0.717, 1.165) is 24.1 Å². The number of methoxy groups -OCH3 is 3. The molecule has 0 aromatic heterocycles. The molecule has 1 heterocycles. The molecule has 0 radical (unpaired) electrons. The molecular formula is C19H21NO4S. The lowest BCUT2D eigenvalue weighted by Crippen LogP contribution is -2.29. The summed E-state index contributed by atoms with van der Waals surface area (Å²) in [5.41, 5.74) is 1.77. The standard InChI is InChI=1S/C19H21NO4S/c1-22-15-11-14-17(19(24-3)18(15)23-2)16(9-10-20(14)12-21)25-13-7-5-4-6-8-13/h4-8,11-12,16H,9-10H2,1-3H3. The number of thioether (sulfide) groups is 1. The Morgan fingerprint density at radius 1 is 1.08 bits per heavy atom. The largest absolute Gasteiger partial charge is 0.493 e. The van der Waals surface area contributed by atoms with Crippen molar-refractivity contribution in [3.05, 3.63) is 42.0 Å². The Morgan fingerprint density at radius 3 is 2.40 bits per heavy atom. The number of benzene rings is 2. The summed E-state index contributed by atoms with van der Waals surface area (Å²) >= 11 is 1.76. The van der Waals surface area contributed by atoms with Crippen LogP contribution in [-0.2, 0) is 4.79 Å². The van der Waals surface area contributed by atoms with Gasteiger partial charge in [-0.3, -0.25) is 4.79 Å². The molecule has 1 atom stereocenters. The molecule has 1 aliphatic rings. The summed E-state index contributed by atoms with van der Waals surface area (Å²) in [7, 11) is 4.78. The first kappa shape index (κ1) is 17.5. The molecule has 1 amide bonds. The van der Waals surface area contributed by atoms with Crippen LogP contribution in [-0.4, -0.2) is 34.3 Å². The predicted octanol–water partition coefficient (Wildman–Crippen LogP) is 3.91. The molecular weight excluding hydrogens is 338 g/mol. The fourth-order valence-corrected chi connectivity index (χ4v) is 4.34. The molecule has 2 aromatic rings. The van der Waals surface area contributed by atoms with E-state index < -0.39 is 0 Å². The van der Waals surface area contributed by atoms with Gasteiger partial charge in [0.1, 0.15) is 0 Å². The highest BCUT2D eigenvalue weighted by Gasteiger charge is 2.33. The summed E-state index contributed by atoms with van der Waals surface area (Å²) < 4.78 is 16.6. The summed E-state index contributed by atoms with van der Waals surface area (Å²) in [5.74, 6) is 1.72. The zero-order valence-electron chi connectivity index (χ0n) is 14.5.